The van der Waals surface area contributed by atoms with E-state index in [9.17, 15) is 14.4 Å². The molecule has 0 radical (unpaired) electrons. The molecule has 0 aliphatic carbocycles. The maximum absolute atomic E-state index is 13.6. The smallest absolute Gasteiger partial charge is 0.329 e. The van der Waals surface area contributed by atoms with E-state index in [1.807, 2.05) is 75.4 Å². The highest BCUT2D eigenvalue weighted by Gasteiger charge is 2.39. The lowest BCUT2D eigenvalue weighted by Gasteiger charge is -2.38. The van der Waals surface area contributed by atoms with E-state index in [4.69, 9.17) is 9.47 Å². The van der Waals surface area contributed by atoms with Gasteiger partial charge in [-0.3, -0.25) is 14.9 Å². The number of carbonyl (C=O) groups excluding carboxylic acids is 3. The fourth-order valence-electron chi connectivity index (χ4n) is 4.32. The lowest BCUT2D eigenvalue weighted by atomic mass is 9.93. The molecule has 1 aliphatic rings. The molecule has 1 aliphatic heterocycles. The van der Waals surface area contributed by atoms with E-state index >= 15 is 0 Å². The van der Waals surface area contributed by atoms with Crippen LogP contribution in [0, 0.1) is 0 Å². The Hall–Kier alpha value is -3.19. The number of rotatable bonds is 8. The maximum Gasteiger partial charge on any atom is 0.329 e. The number of nitrogens with one attached hydrogen (secondary N) is 1. The minimum Gasteiger partial charge on any atom is -0.468 e. The minimum absolute atomic E-state index is 0.260. The molecule has 1 heterocycles. The van der Waals surface area contributed by atoms with Gasteiger partial charge in [-0.2, -0.15) is 0 Å². The third kappa shape index (κ3) is 7.15. The molecule has 2 aromatic carbocycles. The van der Waals surface area contributed by atoms with Crippen molar-refractivity contribution < 1.29 is 23.9 Å². The quantitative estimate of drug-likeness (QED) is 0.583. The first-order valence-corrected chi connectivity index (χ1v) is 12.1. The molecule has 7 heteroatoms. The number of esters is 2. The lowest BCUT2D eigenvalue weighted by Crippen LogP contribution is -2.57. The summed E-state index contributed by atoms with van der Waals surface area (Å²) in [7, 11) is 1.34. The van der Waals surface area contributed by atoms with Crippen LogP contribution in [0.5, 0.6) is 0 Å². The van der Waals surface area contributed by atoms with Crippen molar-refractivity contribution >= 4 is 17.8 Å². The second-order valence-corrected chi connectivity index (χ2v) is 9.98. The standard InChI is InChI=1S/C28H36N2O5/c1-19(29-23(26(32)34-5)16-15-20-11-7-6-8-12-20)25(31)30-18-22-14-10-9-13-21(22)17-24(30)27(33)35-28(2,3)4/h6-14,19,23-24,29H,15-18H2,1-5H3/t19-,23?,24-/m0/s1. The first-order valence-electron chi connectivity index (χ1n) is 12.1. The minimum atomic E-state index is -0.734. The molecular weight excluding hydrogens is 444 g/mol. The van der Waals surface area contributed by atoms with Gasteiger partial charge in [-0.05, 0) is 57.2 Å². The summed E-state index contributed by atoms with van der Waals surface area (Å²) in [6, 6.07) is 15.6. The molecule has 1 unspecified atom stereocenters. The molecule has 3 rings (SSSR count). The number of fused-ring (bicyclic) bond motifs is 1. The zero-order valence-electron chi connectivity index (χ0n) is 21.2. The highest BCUT2D eigenvalue weighted by atomic mass is 16.6. The van der Waals surface area contributed by atoms with Gasteiger partial charge in [0, 0.05) is 13.0 Å². The summed E-state index contributed by atoms with van der Waals surface area (Å²) in [4.78, 5) is 40.7. The second-order valence-electron chi connectivity index (χ2n) is 9.98. The first-order chi connectivity index (χ1) is 16.6. The van der Waals surface area contributed by atoms with Gasteiger partial charge in [0.05, 0.1) is 13.2 Å². The fraction of sp³-hybridized carbons (Fsp3) is 0.464. The van der Waals surface area contributed by atoms with Gasteiger partial charge in [0.25, 0.3) is 0 Å². The molecule has 1 N–H and O–H groups in total. The Morgan fingerprint density at radius 3 is 2.29 bits per heavy atom. The highest BCUT2D eigenvalue weighted by molar-refractivity contribution is 5.89. The van der Waals surface area contributed by atoms with Gasteiger partial charge in [0.2, 0.25) is 5.91 Å². The Kier molecular flexibility index (Phi) is 8.67. The van der Waals surface area contributed by atoms with Gasteiger partial charge in [0.15, 0.2) is 0 Å². The summed E-state index contributed by atoms with van der Waals surface area (Å²) in [6.45, 7) is 7.45. The first kappa shape index (κ1) is 26.4. The molecule has 0 saturated heterocycles. The number of nitrogens with zero attached hydrogens (tertiary/aromatic N) is 1. The van der Waals surface area contributed by atoms with Gasteiger partial charge < -0.3 is 14.4 Å². The van der Waals surface area contributed by atoms with Gasteiger partial charge in [0.1, 0.15) is 17.7 Å². The molecule has 188 valence electrons. The molecule has 35 heavy (non-hydrogen) atoms. The summed E-state index contributed by atoms with van der Waals surface area (Å²) in [6.07, 6.45) is 1.52. The Bertz CT molecular complexity index is 1030. The van der Waals surface area contributed by atoms with Crippen LogP contribution >= 0.6 is 0 Å². The number of aryl methyl sites for hydroxylation is 1. The molecule has 0 saturated carbocycles. The zero-order valence-corrected chi connectivity index (χ0v) is 21.2. The number of carbonyl (C=O) groups is 3. The highest BCUT2D eigenvalue weighted by Crippen LogP contribution is 2.26. The van der Waals surface area contributed by atoms with Crippen molar-refractivity contribution in [2.75, 3.05) is 7.11 Å². The number of benzene rings is 2. The molecule has 2 aromatic rings. The van der Waals surface area contributed by atoms with Crippen molar-refractivity contribution in [1.29, 1.82) is 0 Å². The maximum atomic E-state index is 13.6. The van der Waals surface area contributed by atoms with Gasteiger partial charge in [-0.15, -0.1) is 0 Å². The van der Waals surface area contributed by atoms with Crippen LogP contribution in [0.25, 0.3) is 0 Å². The van der Waals surface area contributed by atoms with E-state index in [2.05, 4.69) is 5.32 Å². The Morgan fingerprint density at radius 1 is 1.03 bits per heavy atom. The van der Waals surface area contributed by atoms with E-state index < -0.39 is 35.7 Å². The number of ether oxygens (including phenoxy) is 2. The predicted octanol–water partition coefficient (Wildman–Crippen LogP) is 3.43. The number of hydrogen-bond acceptors (Lipinski definition) is 6. The van der Waals surface area contributed by atoms with Crippen LogP contribution in [-0.4, -0.2) is 53.6 Å². The van der Waals surface area contributed by atoms with Crippen LogP contribution < -0.4 is 5.32 Å². The number of hydrogen-bond donors (Lipinski definition) is 1. The van der Waals surface area contributed by atoms with Crippen molar-refractivity contribution in [3.8, 4) is 0 Å². The molecule has 0 bridgehead atoms. The van der Waals surface area contributed by atoms with E-state index in [0.29, 0.717) is 25.8 Å². The Morgan fingerprint density at radius 2 is 1.66 bits per heavy atom. The number of amides is 1. The van der Waals surface area contributed by atoms with Crippen LogP contribution in [0.15, 0.2) is 54.6 Å². The topological polar surface area (TPSA) is 84.9 Å². The largest absolute Gasteiger partial charge is 0.468 e. The number of methoxy groups -OCH3 is 1. The monoisotopic (exact) mass is 480 g/mol. The van der Waals surface area contributed by atoms with Crippen LogP contribution in [0.3, 0.4) is 0 Å². The Balaban J connectivity index is 1.77. The molecule has 0 spiro atoms. The van der Waals surface area contributed by atoms with E-state index in [0.717, 1.165) is 16.7 Å². The average Bonchev–Trinajstić information content (AvgIpc) is 2.84. The molecule has 3 atom stereocenters. The van der Waals surface area contributed by atoms with Crippen molar-refractivity contribution in [1.82, 2.24) is 10.2 Å². The van der Waals surface area contributed by atoms with E-state index in [-0.39, 0.29) is 5.91 Å². The molecule has 7 nitrogen and oxygen atoms in total. The lowest BCUT2D eigenvalue weighted by molar-refractivity contribution is -0.166. The molecule has 0 fully saturated rings. The van der Waals surface area contributed by atoms with Crippen LogP contribution in [0.2, 0.25) is 0 Å². The summed E-state index contributed by atoms with van der Waals surface area (Å²) < 4.78 is 10.6. The average molecular weight is 481 g/mol. The fourth-order valence-corrected chi connectivity index (χ4v) is 4.32. The third-order valence-corrected chi connectivity index (χ3v) is 6.08. The van der Waals surface area contributed by atoms with E-state index in [1.165, 1.54) is 7.11 Å². The molecule has 1 amide bonds. The van der Waals surface area contributed by atoms with Gasteiger partial charge >= 0.3 is 11.9 Å². The van der Waals surface area contributed by atoms with Gasteiger partial charge in [-0.25, -0.2) is 4.79 Å². The molecular formula is C28H36N2O5. The summed E-state index contributed by atoms with van der Waals surface area (Å²) >= 11 is 0. The van der Waals surface area contributed by atoms with Crippen LogP contribution in [0.1, 0.15) is 50.8 Å². The van der Waals surface area contributed by atoms with Crippen LogP contribution in [-0.2, 0) is 43.2 Å². The van der Waals surface area contributed by atoms with Gasteiger partial charge in [-0.1, -0.05) is 54.6 Å². The van der Waals surface area contributed by atoms with Crippen molar-refractivity contribution in [2.45, 2.75) is 77.2 Å². The molecule has 0 aromatic heterocycles. The summed E-state index contributed by atoms with van der Waals surface area (Å²) in [5.74, 6) is -1.11. The second kappa shape index (κ2) is 11.5. The van der Waals surface area contributed by atoms with Crippen molar-refractivity contribution in [3.05, 3.63) is 71.3 Å². The van der Waals surface area contributed by atoms with E-state index in [1.54, 1.807) is 11.8 Å². The van der Waals surface area contributed by atoms with Crippen LogP contribution in [0.4, 0.5) is 0 Å². The Labute approximate surface area is 207 Å². The third-order valence-electron chi connectivity index (χ3n) is 6.08. The van der Waals surface area contributed by atoms with Crippen molar-refractivity contribution in [2.24, 2.45) is 0 Å². The normalized spacial score (nSPS) is 17.2. The SMILES string of the molecule is COC(=O)C(CCc1ccccc1)N[C@@H](C)C(=O)N1Cc2ccccc2C[C@H]1C(=O)OC(C)(C)C. The zero-order chi connectivity index (χ0) is 25.6. The van der Waals surface area contributed by atoms with Crippen molar-refractivity contribution in [3.63, 3.8) is 0 Å². The predicted molar refractivity (Wildman–Crippen MR) is 133 cm³/mol. The summed E-state index contributed by atoms with van der Waals surface area (Å²) in [5, 5.41) is 3.15. The summed E-state index contributed by atoms with van der Waals surface area (Å²) in [5.41, 5.74) is 2.46.